The van der Waals surface area contributed by atoms with Crippen molar-refractivity contribution in [3.8, 4) is 5.75 Å². The fourth-order valence-corrected chi connectivity index (χ4v) is 2.18. The summed E-state index contributed by atoms with van der Waals surface area (Å²) in [6.45, 7) is 3.27. The van der Waals surface area contributed by atoms with Crippen LogP contribution in [-0.4, -0.2) is 43.6 Å². The molecular formula is C16H20N2O5. The number of hydrogen-bond acceptors (Lipinski definition) is 5. The molecule has 1 aliphatic rings. The van der Waals surface area contributed by atoms with E-state index in [4.69, 9.17) is 9.47 Å². The molecule has 0 saturated heterocycles. The van der Waals surface area contributed by atoms with E-state index < -0.39 is 5.97 Å². The molecule has 2 rings (SSSR count). The van der Waals surface area contributed by atoms with Crippen molar-refractivity contribution in [1.29, 1.82) is 0 Å². The minimum atomic E-state index is -0.644. The molecule has 7 heteroatoms. The van der Waals surface area contributed by atoms with Gasteiger partial charge < -0.3 is 14.8 Å². The van der Waals surface area contributed by atoms with Crippen LogP contribution in [0.1, 0.15) is 20.3 Å². The standard InChI is InChI=1S/C16H20N2O5/c1-11(2)17-14(19)10-23-16(21)9-18-12-5-3-4-6-13(12)22-8-7-15(18)20/h3-6,11H,7-10H2,1-2H3,(H,17,19). The van der Waals surface area contributed by atoms with E-state index in [1.165, 1.54) is 4.90 Å². The number of para-hydroxylation sites is 2. The summed E-state index contributed by atoms with van der Waals surface area (Å²) >= 11 is 0. The van der Waals surface area contributed by atoms with Gasteiger partial charge in [-0.25, -0.2) is 0 Å². The maximum absolute atomic E-state index is 12.2. The zero-order chi connectivity index (χ0) is 16.8. The number of carbonyl (C=O) groups is 3. The summed E-state index contributed by atoms with van der Waals surface area (Å²) in [4.78, 5) is 36.9. The molecule has 1 aromatic rings. The number of rotatable bonds is 5. The summed E-state index contributed by atoms with van der Waals surface area (Å²) in [5.41, 5.74) is 0.526. The molecule has 2 amide bonds. The van der Waals surface area contributed by atoms with Gasteiger partial charge in [-0.2, -0.15) is 0 Å². The number of nitrogens with zero attached hydrogens (tertiary/aromatic N) is 1. The van der Waals surface area contributed by atoms with Crippen LogP contribution < -0.4 is 15.0 Å². The Bertz CT molecular complexity index is 600. The molecule has 0 fully saturated rings. The lowest BCUT2D eigenvalue weighted by Gasteiger charge is -2.20. The predicted octanol–water partition coefficient (Wildman–Crippen LogP) is 0.870. The molecule has 0 unspecified atom stereocenters. The summed E-state index contributed by atoms with van der Waals surface area (Å²) in [5.74, 6) is -0.699. The van der Waals surface area contributed by atoms with Crippen LogP contribution in [0.5, 0.6) is 5.75 Å². The van der Waals surface area contributed by atoms with Gasteiger partial charge in [-0.3, -0.25) is 19.3 Å². The number of esters is 1. The van der Waals surface area contributed by atoms with E-state index in [0.717, 1.165) is 0 Å². The highest BCUT2D eigenvalue weighted by Crippen LogP contribution is 2.30. The molecule has 1 aromatic carbocycles. The SMILES string of the molecule is CC(C)NC(=O)COC(=O)CN1C(=O)CCOc2ccccc21. The first-order valence-corrected chi connectivity index (χ1v) is 7.44. The first kappa shape index (κ1) is 16.8. The van der Waals surface area contributed by atoms with Crippen molar-refractivity contribution in [3.63, 3.8) is 0 Å². The minimum Gasteiger partial charge on any atom is -0.491 e. The summed E-state index contributed by atoms with van der Waals surface area (Å²) in [6.07, 6.45) is 0.176. The molecule has 0 spiro atoms. The summed E-state index contributed by atoms with van der Waals surface area (Å²) in [5, 5.41) is 2.62. The van der Waals surface area contributed by atoms with Crippen molar-refractivity contribution in [2.24, 2.45) is 0 Å². The van der Waals surface area contributed by atoms with Crippen LogP contribution in [-0.2, 0) is 19.1 Å². The molecule has 1 N–H and O–H groups in total. The molecule has 124 valence electrons. The van der Waals surface area contributed by atoms with Crippen LogP contribution in [0, 0.1) is 0 Å². The van der Waals surface area contributed by atoms with Gasteiger partial charge in [-0.1, -0.05) is 12.1 Å². The van der Waals surface area contributed by atoms with Gasteiger partial charge in [0.2, 0.25) is 5.91 Å². The fraction of sp³-hybridized carbons (Fsp3) is 0.438. The van der Waals surface area contributed by atoms with E-state index in [1.54, 1.807) is 24.3 Å². The van der Waals surface area contributed by atoms with Crippen molar-refractivity contribution in [2.45, 2.75) is 26.3 Å². The zero-order valence-electron chi connectivity index (χ0n) is 13.2. The zero-order valence-corrected chi connectivity index (χ0v) is 13.2. The largest absolute Gasteiger partial charge is 0.491 e. The fourth-order valence-electron chi connectivity index (χ4n) is 2.18. The highest BCUT2D eigenvalue weighted by atomic mass is 16.5. The van der Waals surface area contributed by atoms with Gasteiger partial charge in [0.05, 0.1) is 18.7 Å². The van der Waals surface area contributed by atoms with E-state index in [0.29, 0.717) is 11.4 Å². The molecule has 0 radical (unpaired) electrons. The Hall–Kier alpha value is -2.57. The van der Waals surface area contributed by atoms with Crippen LogP contribution in [0.4, 0.5) is 5.69 Å². The predicted molar refractivity (Wildman–Crippen MR) is 83.1 cm³/mol. The minimum absolute atomic E-state index is 0.0302. The summed E-state index contributed by atoms with van der Waals surface area (Å²) in [7, 11) is 0. The number of benzene rings is 1. The van der Waals surface area contributed by atoms with Crippen LogP contribution in [0.25, 0.3) is 0 Å². The van der Waals surface area contributed by atoms with Gasteiger partial charge in [-0.05, 0) is 26.0 Å². The lowest BCUT2D eigenvalue weighted by Crippen LogP contribution is -2.38. The second-order valence-corrected chi connectivity index (χ2v) is 5.43. The molecule has 0 saturated carbocycles. The van der Waals surface area contributed by atoms with Crippen molar-refractivity contribution in [1.82, 2.24) is 5.32 Å². The maximum Gasteiger partial charge on any atom is 0.326 e. The number of amides is 2. The maximum atomic E-state index is 12.2. The summed E-state index contributed by atoms with van der Waals surface area (Å²) in [6, 6.07) is 6.97. The van der Waals surface area contributed by atoms with Gasteiger partial charge in [0.25, 0.3) is 5.91 Å². The Balaban J connectivity index is 1.99. The van der Waals surface area contributed by atoms with E-state index in [-0.39, 0.29) is 44.0 Å². The Morgan fingerprint density at radius 1 is 1.35 bits per heavy atom. The quantitative estimate of drug-likeness (QED) is 0.814. The van der Waals surface area contributed by atoms with Crippen LogP contribution in [0.15, 0.2) is 24.3 Å². The normalized spacial score (nSPS) is 13.9. The van der Waals surface area contributed by atoms with Crippen molar-refractivity contribution in [2.75, 3.05) is 24.7 Å². The third-order valence-corrected chi connectivity index (χ3v) is 3.13. The number of fused-ring (bicyclic) bond motifs is 1. The first-order chi connectivity index (χ1) is 11.0. The number of nitrogens with one attached hydrogen (secondary N) is 1. The van der Waals surface area contributed by atoms with E-state index in [1.807, 2.05) is 13.8 Å². The van der Waals surface area contributed by atoms with Crippen molar-refractivity contribution < 1.29 is 23.9 Å². The Morgan fingerprint density at radius 3 is 2.83 bits per heavy atom. The highest BCUT2D eigenvalue weighted by Gasteiger charge is 2.25. The first-order valence-electron chi connectivity index (χ1n) is 7.44. The smallest absolute Gasteiger partial charge is 0.326 e. The molecule has 1 heterocycles. The second kappa shape index (κ2) is 7.62. The molecule has 0 aliphatic carbocycles. The van der Waals surface area contributed by atoms with Crippen molar-refractivity contribution in [3.05, 3.63) is 24.3 Å². The van der Waals surface area contributed by atoms with Gasteiger partial charge >= 0.3 is 5.97 Å². The average Bonchev–Trinajstić information content (AvgIpc) is 2.65. The number of anilines is 1. The van der Waals surface area contributed by atoms with Crippen molar-refractivity contribution >= 4 is 23.5 Å². The lowest BCUT2D eigenvalue weighted by molar-refractivity contribution is -0.147. The Morgan fingerprint density at radius 2 is 2.09 bits per heavy atom. The molecule has 0 bridgehead atoms. The molecular weight excluding hydrogens is 300 g/mol. The van der Waals surface area contributed by atoms with Crippen LogP contribution >= 0.6 is 0 Å². The summed E-state index contributed by atoms with van der Waals surface area (Å²) < 4.78 is 10.4. The van der Waals surface area contributed by atoms with Crippen LogP contribution in [0.2, 0.25) is 0 Å². The molecule has 7 nitrogen and oxygen atoms in total. The number of carbonyl (C=O) groups excluding carboxylic acids is 3. The Kier molecular flexibility index (Phi) is 5.56. The number of ether oxygens (including phenoxy) is 2. The molecule has 1 aliphatic heterocycles. The number of hydrogen-bond donors (Lipinski definition) is 1. The molecule has 23 heavy (non-hydrogen) atoms. The van der Waals surface area contributed by atoms with Crippen LogP contribution in [0.3, 0.4) is 0 Å². The monoisotopic (exact) mass is 320 g/mol. The van der Waals surface area contributed by atoms with Gasteiger partial charge in [0.1, 0.15) is 12.3 Å². The second-order valence-electron chi connectivity index (χ2n) is 5.43. The topological polar surface area (TPSA) is 84.9 Å². The van der Waals surface area contributed by atoms with E-state index in [2.05, 4.69) is 5.32 Å². The third-order valence-electron chi connectivity index (χ3n) is 3.13. The molecule has 0 aromatic heterocycles. The van der Waals surface area contributed by atoms with E-state index in [9.17, 15) is 14.4 Å². The van der Waals surface area contributed by atoms with Gasteiger partial charge in [0.15, 0.2) is 6.61 Å². The average molecular weight is 320 g/mol. The lowest BCUT2D eigenvalue weighted by atomic mass is 10.2. The van der Waals surface area contributed by atoms with Gasteiger partial charge in [-0.15, -0.1) is 0 Å². The highest BCUT2D eigenvalue weighted by molar-refractivity contribution is 5.99. The van der Waals surface area contributed by atoms with Gasteiger partial charge in [0, 0.05) is 6.04 Å². The molecule has 0 atom stereocenters. The third kappa shape index (κ3) is 4.70. The van der Waals surface area contributed by atoms with E-state index >= 15 is 0 Å². The Labute approximate surface area is 134 Å².